The van der Waals surface area contributed by atoms with Crippen molar-refractivity contribution in [3.05, 3.63) is 86.9 Å². The quantitative estimate of drug-likeness (QED) is 0.423. The van der Waals surface area contributed by atoms with Crippen LogP contribution in [-0.2, 0) is 12.7 Å². The predicted molar refractivity (Wildman–Crippen MR) is 105 cm³/mol. The summed E-state index contributed by atoms with van der Waals surface area (Å²) in [6, 6.07) is 14.8. The lowest BCUT2D eigenvalue weighted by Gasteiger charge is -2.06. The first-order valence-corrected chi connectivity index (χ1v) is 9.44. The molecule has 2 aromatic heterocycles. The summed E-state index contributed by atoms with van der Waals surface area (Å²) >= 11 is 3.45. The number of halogens is 4. The number of alkyl halides is 3. The zero-order chi connectivity index (χ0) is 21.3. The van der Waals surface area contributed by atoms with Crippen molar-refractivity contribution in [2.45, 2.75) is 12.7 Å². The van der Waals surface area contributed by atoms with E-state index in [-0.39, 0.29) is 23.8 Å². The third kappa shape index (κ3) is 4.18. The molecular weight excluding hydrogens is 465 g/mol. The second kappa shape index (κ2) is 7.86. The maximum Gasteiger partial charge on any atom is 0.416 e. The topological polar surface area (TPSA) is 73.8 Å². The second-order valence-corrected chi connectivity index (χ2v) is 7.14. The lowest BCUT2D eigenvalue weighted by atomic mass is 10.1. The predicted octanol–water partition coefficient (Wildman–Crippen LogP) is 4.79. The van der Waals surface area contributed by atoms with Crippen LogP contribution in [-0.4, -0.2) is 19.9 Å². The van der Waals surface area contributed by atoms with Crippen molar-refractivity contribution in [3.63, 3.8) is 0 Å². The Morgan fingerprint density at radius 2 is 1.73 bits per heavy atom. The van der Waals surface area contributed by atoms with Gasteiger partial charge in [0.25, 0.3) is 5.56 Å². The monoisotopic (exact) mass is 476 g/mol. The summed E-state index contributed by atoms with van der Waals surface area (Å²) in [5.41, 5.74) is 0.613. The Morgan fingerprint density at radius 1 is 1.00 bits per heavy atom. The molecule has 0 aliphatic carbocycles. The van der Waals surface area contributed by atoms with E-state index in [0.29, 0.717) is 11.3 Å². The molecule has 0 bridgehead atoms. The van der Waals surface area contributed by atoms with Gasteiger partial charge in [0.1, 0.15) is 6.54 Å². The van der Waals surface area contributed by atoms with Crippen LogP contribution in [0.4, 0.5) is 13.2 Å². The van der Waals surface area contributed by atoms with Crippen LogP contribution in [0.1, 0.15) is 11.5 Å². The standard InChI is InChI=1S/C20H12BrF3N4O2/c21-15-4-2-1-3-14(15)16-9-10-18(29)28(26-16)11-17-25-19(27-30-17)12-5-7-13(8-6-12)20(22,23)24/h1-10H,11H2. The molecule has 4 rings (SSSR count). The Bertz CT molecular complexity index is 1250. The average molecular weight is 477 g/mol. The summed E-state index contributed by atoms with van der Waals surface area (Å²) in [4.78, 5) is 16.4. The van der Waals surface area contributed by atoms with E-state index < -0.39 is 11.7 Å². The molecule has 0 N–H and O–H groups in total. The first-order chi connectivity index (χ1) is 14.3. The average Bonchev–Trinajstić information content (AvgIpc) is 3.18. The smallest absolute Gasteiger partial charge is 0.337 e. The van der Waals surface area contributed by atoms with E-state index in [9.17, 15) is 18.0 Å². The van der Waals surface area contributed by atoms with Gasteiger partial charge < -0.3 is 4.52 Å². The zero-order valence-corrected chi connectivity index (χ0v) is 16.7. The summed E-state index contributed by atoms with van der Waals surface area (Å²) < 4.78 is 45.2. The highest BCUT2D eigenvalue weighted by Gasteiger charge is 2.30. The van der Waals surface area contributed by atoms with Gasteiger partial charge in [-0.3, -0.25) is 4.79 Å². The van der Waals surface area contributed by atoms with Gasteiger partial charge in [0.2, 0.25) is 11.7 Å². The Kier molecular flexibility index (Phi) is 5.25. The largest absolute Gasteiger partial charge is 0.416 e. The first kappa shape index (κ1) is 20.0. The molecule has 2 aromatic carbocycles. The van der Waals surface area contributed by atoms with Crippen LogP contribution in [0.5, 0.6) is 0 Å². The van der Waals surface area contributed by atoms with Crippen LogP contribution in [0.25, 0.3) is 22.6 Å². The van der Waals surface area contributed by atoms with E-state index in [1.807, 2.05) is 24.3 Å². The van der Waals surface area contributed by atoms with Gasteiger partial charge in [-0.1, -0.05) is 51.4 Å². The van der Waals surface area contributed by atoms with Crippen molar-refractivity contribution in [1.29, 1.82) is 0 Å². The van der Waals surface area contributed by atoms with Crippen molar-refractivity contribution < 1.29 is 17.7 Å². The minimum Gasteiger partial charge on any atom is -0.337 e. The molecule has 0 amide bonds. The van der Waals surface area contributed by atoms with Crippen LogP contribution in [0, 0.1) is 0 Å². The van der Waals surface area contributed by atoms with Gasteiger partial charge in [0, 0.05) is 21.7 Å². The minimum absolute atomic E-state index is 0.0786. The molecule has 6 nitrogen and oxygen atoms in total. The highest BCUT2D eigenvalue weighted by atomic mass is 79.9. The number of nitrogens with zero attached hydrogens (tertiary/aromatic N) is 4. The van der Waals surface area contributed by atoms with Crippen LogP contribution in [0.15, 0.2) is 74.5 Å². The third-order valence-electron chi connectivity index (χ3n) is 4.24. The molecule has 0 fully saturated rings. The van der Waals surface area contributed by atoms with E-state index in [1.54, 1.807) is 6.07 Å². The van der Waals surface area contributed by atoms with Gasteiger partial charge in [-0.15, -0.1) is 0 Å². The van der Waals surface area contributed by atoms with Gasteiger partial charge in [0.15, 0.2) is 0 Å². The molecule has 0 saturated heterocycles. The minimum atomic E-state index is -4.42. The van der Waals surface area contributed by atoms with E-state index in [0.717, 1.165) is 22.2 Å². The molecule has 4 aromatic rings. The molecule has 0 radical (unpaired) electrons. The number of aromatic nitrogens is 4. The highest BCUT2D eigenvalue weighted by Crippen LogP contribution is 2.30. The fraction of sp³-hybridized carbons (Fsp3) is 0.100. The van der Waals surface area contributed by atoms with Gasteiger partial charge >= 0.3 is 6.18 Å². The normalized spacial score (nSPS) is 11.6. The van der Waals surface area contributed by atoms with Crippen molar-refractivity contribution in [1.82, 2.24) is 19.9 Å². The molecule has 0 spiro atoms. The Morgan fingerprint density at radius 3 is 2.43 bits per heavy atom. The molecule has 30 heavy (non-hydrogen) atoms. The molecule has 0 unspecified atom stereocenters. The van der Waals surface area contributed by atoms with E-state index >= 15 is 0 Å². The molecule has 0 atom stereocenters. The Balaban J connectivity index is 1.59. The Hall–Kier alpha value is -3.27. The zero-order valence-electron chi connectivity index (χ0n) is 15.1. The van der Waals surface area contributed by atoms with Crippen molar-refractivity contribution in [2.24, 2.45) is 0 Å². The highest BCUT2D eigenvalue weighted by molar-refractivity contribution is 9.10. The third-order valence-corrected chi connectivity index (χ3v) is 4.93. The fourth-order valence-electron chi connectivity index (χ4n) is 2.75. The number of hydrogen-bond acceptors (Lipinski definition) is 5. The summed E-state index contributed by atoms with van der Waals surface area (Å²) in [7, 11) is 0. The van der Waals surface area contributed by atoms with Crippen molar-refractivity contribution in [2.75, 3.05) is 0 Å². The van der Waals surface area contributed by atoms with Gasteiger partial charge in [-0.2, -0.15) is 23.3 Å². The SMILES string of the molecule is O=c1ccc(-c2ccccc2Br)nn1Cc1nc(-c2ccc(C(F)(F)F)cc2)no1. The molecule has 2 heterocycles. The van der Waals surface area contributed by atoms with Crippen LogP contribution >= 0.6 is 15.9 Å². The van der Waals surface area contributed by atoms with Crippen LogP contribution in [0.2, 0.25) is 0 Å². The number of benzene rings is 2. The van der Waals surface area contributed by atoms with Crippen LogP contribution < -0.4 is 5.56 Å². The molecule has 0 aliphatic rings. The fourth-order valence-corrected chi connectivity index (χ4v) is 3.24. The molecule has 10 heteroatoms. The maximum atomic E-state index is 12.7. The van der Waals surface area contributed by atoms with Gasteiger partial charge in [-0.05, 0) is 24.3 Å². The van der Waals surface area contributed by atoms with Crippen LogP contribution in [0.3, 0.4) is 0 Å². The summed E-state index contributed by atoms with van der Waals surface area (Å²) in [6.45, 7) is -0.0786. The molecule has 152 valence electrons. The van der Waals surface area contributed by atoms with Gasteiger partial charge in [-0.25, -0.2) is 4.68 Å². The maximum absolute atomic E-state index is 12.7. The van der Waals surface area contributed by atoms with Crippen molar-refractivity contribution >= 4 is 15.9 Å². The van der Waals surface area contributed by atoms with E-state index in [1.165, 1.54) is 22.9 Å². The number of rotatable bonds is 4. The summed E-state index contributed by atoms with van der Waals surface area (Å²) in [6.07, 6.45) is -4.42. The summed E-state index contributed by atoms with van der Waals surface area (Å²) in [5.74, 6) is 0.220. The Labute approximate surface area is 176 Å². The summed E-state index contributed by atoms with van der Waals surface area (Å²) in [5, 5.41) is 8.12. The lowest BCUT2D eigenvalue weighted by molar-refractivity contribution is -0.137. The van der Waals surface area contributed by atoms with E-state index in [2.05, 4.69) is 31.2 Å². The molecular formula is C20H12BrF3N4O2. The molecule has 0 aliphatic heterocycles. The van der Waals surface area contributed by atoms with Crippen molar-refractivity contribution in [3.8, 4) is 22.6 Å². The molecule has 0 saturated carbocycles. The van der Waals surface area contributed by atoms with Gasteiger partial charge in [0.05, 0.1) is 11.3 Å². The second-order valence-electron chi connectivity index (χ2n) is 6.28. The van der Waals surface area contributed by atoms with E-state index in [4.69, 9.17) is 4.52 Å². The lowest BCUT2D eigenvalue weighted by Crippen LogP contribution is -2.23. The number of hydrogen-bond donors (Lipinski definition) is 0. The first-order valence-electron chi connectivity index (χ1n) is 8.64.